The third-order valence-corrected chi connectivity index (χ3v) is 7.92. The Hall–Kier alpha value is -5.16. The molecule has 6 rings (SSSR count). The number of aryl methyl sites for hydroxylation is 1. The molecule has 0 fully saturated rings. The van der Waals surface area contributed by atoms with Gasteiger partial charge in [-0.15, -0.1) is 0 Å². The average Bonchev–Trinajstić information content (AvgIpc) is 3.38. The van der Waals surface area contributed by atoms with E-state index in [-0.39, 0.29) is 43.7 Å². The first-order chi connectivity index (χ1) is 21.3. The van der Waals surface area contributed by atoms with E-state index in [1.54, 1.807) is 29.2 Å². The molecular formula is C33H32FN5O5. The van der Waals surface area contributed by atoms with Gasteiger partial charge in [-0.3, -0.25) is 9.59 Å². The molecule has 44 heavy (non-hydrogen) atoms. The van der Waals surface area contributed by atoms with Crippen molar-refractivity contribution < 1.29 is 28.3 Å². The summed E-state index contributed by atoms with van der Waals surface area (Å²) in [4.78, 5) is 48.0. The minimum Gasteiger partial charge on any atom is -0.383 e. The van der Waals surface area contributed by atoms with Crippen molar-refractivity contribution in [2.75, 3.05) is 41.7 Å². The largest absolute Gasteiger partial charge is 0.431 e. The number of ether oxygens (including phenoxy) is 1. The molecule has 0 spiro atoms. The number of amides is 3. The van der Waals surface area contributed by atoms with Crippen LogP contribution in [-0.4, -0.2) is 49.3 Å². The van der Waals surface area contributed by atoms with E-state index in [0.717, 1.165) is 33.1 Å². The number of anilines is 3. The van der Waals surface area contributed by atoms with E-state index in [9.17, 15) is 18.8 Å². The van der Waals surface area contributed by atoms with Crippen molar-refractivity contribution in [1.82, 2.24) is 9.88 Å². The maximum Gasteiger partial charge on any atom is 0.431 e. The van der Waals surface area contributed by atoms with Gasteiger partial charge in [-0.25, -0.2) is 9.18 Å². The number of hydroxylamine groups is 1. The van der Waals surface area contributed by atoms with E-state index in [4.69, 9.17) is 9.57 Å². The van der Waals surface area contributed by atoms with Gasteiger partial charge in [-0.1, -0.05) is 30.3 Å². The van der Waals surface area contributed by atoms with E-state index in [1.807, 2.05) is 49.5 Å². The Morgan fingerprint density at radius 1 is 0.955 bits per heavy atom. The average molecular weight is 598 g/mol. The van der Waals surface area contributed by atoms with Crippen molar-refractivity contribution in [3.8, 4) is 0 Å². The van der Waals surface area contributed by atoms with Crippen molar-refractivity contribution in [3.63, 3.8) is 0 Å². The van der Waals surface area contributed by atoms with Crippen LogP contribution in [0.15, 0.2) is 79.0 Å². The van der Waals surface area contributed by atoms with Crippen molar-refractivity contribution in [1.29, 1.82) is 0 Å². The first-order valence-corrected chi connectivity index (χ1v) is 14.3. The van der Waals surface area contributed by atoms with Crippen LogP contribution < -0.4 is 20.2 Å². The quantitative estimate of drug-likeness (QED) is 0.329. The van der Waals surface area contributed by atoms with Crippen LogP contribution >= 0.6 is 0 Å². The molecule has 1 N–H and O–H groups in total. The van der Waals surface area contributed by atoms with Gasteiger partial charge in [-0.2, -0.15) is 5.06 Å². The van der Waals surface area contributed by atoms with E-state index >= 15 is 0 Å². The number of carbonyl (C=O) groups is 3. The van der Waals surface area contributed by atoms with Gasteiger partial charge >= 0.3 is 6.09 Å². The highest BCUT2D eigenvalue weighted by Gasteiger charge is 2.34. The third-order valence-electron chi connectivity index (χ3n) is 7.92. The molecule has 4 aromatic rings. The van der Waals surface area contributed by atoms with Gasteiger partial charge in [0, 0.05) is 49.9 Å². The Balaban J connectivity index is 1.14. The number of benzene rings is 3. The molecule has 0 bridgehead atoms. The summed E-state index contributed by atoms with van der Waals surface area (Å²) in [5.41, 5.74) is 5.39. The molecule has 10 nitrogen and oxygen atoms in total. The number of hydrogen-bond acceptors (Lipinski definition) is 6. The van der Waals surface area contributed by atoms with Gasteiger partial charge in [0.2, 0.25) is 5.91 Å². The van der Waals surface area contributed by atoms with Gasteiger partial charge in [0.15, 0.2) is 5.82 Å². The number of para-hydroxylation sites is 2. The second-order valence-corrected chi connectivity index (χ2v) is 10.7. The molecule has 2 aliphatic rings. The van der Waals surface area contributed by atoms with Gasteiger partial charge in [-0.05, 0) is 66.1 Å². The fourth-order valence-corrected chi connectivity index (χ4v) is 5.65. The standard InChI is InChI=1S/C33H32FN5O5/c1-22-17-23(32(41)38-20-26-8-6-14-36(26)19-25-7-3-4-10-28(25)38)12-13-24(22)18-35-33(42)44-39-21-30(40)37(15-16-43-2)29-11-5-9-27(34)31(29)39/h3-14,17H,15-16,18-21H2,1-2H3,(H,35,42). The Labute approximate surface area is 254 Å². The molecule has 11 heteroatoms. The summed E-state index contributed by atoms with van der Waals surface area (Å²) in [6, 6.07) is 21.6. The van der Waals surface area contributed by atoms with Gasteiger partial charge in [0.25, 0.3) is 5.91 Å². The topological polar surface area (TPSA) is 96.3 Å². The fraction of sp³-hybridized carbons (Fsp3) is 0.242. The maximum atomic E-state index is 14.8. The smallest absolute Gasteiger partial charge is 0.383 e. The van der Waals surface area contributed by atoms with Crippen LogP contribution in [-0.2, 0) is 34.0 Å². The number of nitrogens with zero attached hydrogens (tertiary/aromatic N) is 4. The van der Waals surface area contributed by atoms with Gasteiger partial charge in [0.05, 0.1) is 18.8 Å². The van der Waals surface area contributed by atoms with Crippen LogP contribution in [0.2, 0.25) is 0 Å². The molecular weight excluding hydrogens is 565 g/mol. The molecule has 0 radical (unpaired) electrons. The monoisotopic (exact) mass is 597 g/mol. The summed E-state index contributed by atoms with van der Waals surface area (Å²) < 4.78 is 22.1. The van der Waals surface area contributed by atoms with Crippen molar-refractivity contribution in [2.45, 2.75) is 26.6 Å². The Morgan fingerprint density at radius 2 is 1.77 bits per heavy atom. The van der Waals surface area contributed by atoms with Crippen LogP contribution in [0, 0.1) is 12.7 Å². The highest BCUT2D eigenvalue weighted by Crippen LogP contribution is 2.36. The normalized spacial score (nSPS) is 14.0. The lowest BCUT2D eigenvalue weighted by Crippen LogP contribution is -2.48. The lowest BCUT2D eigenvalue weighted by atomic mass is 10.0. The van der Waals surface area contributed by atoms with Crippen LogP contribution in [0.5, 0.6) is 0 Å². The number of halogens is 1. The molecule has 0 aliphatic carbocycles. The van der Waals surface area contributed by atoms with Crippen LogP contribution in [0.1, 0.15) is 32.7 Å². The molecule has 0 saturated carbocycles. The summed E-state index contributed by atoms with van der Waals surface area (Å²) in [5, 5.41) is 3.64. The van der Waals surface area contributed by atoms with Crippen molar-refractivity contribution in [3.05, 3.63) is 113 Å². The highest BCUT2D eigenvalue weighted by atomic mass is 19.1. The van der Waals surface area contributed by atoms with Crippen LogP contribution in [0.3, 0.4) is 0 Å². The Bertz CT molecular complexity index is 1740. The zero-order valence-electron chi connectivity index (χ0n) is 24.5. The first kappa shape index (κ1) is 28.9. The number of carbonyl (C=O) groups excluding carboxylic acids is 3. The number of hydrogen-bond donors (Lipinski definition) is 1. The summed E-state index contributed by atoms with van der Waals surface area (Å²) in [7, 11) is 1.52. The molecule has 226 valence electrons. The number of methoxy groups -OCH3 is 1. The predicted molar refractivity (Wildman–Crippen MR) is 163 cm³/mol. The van der Waals surface area contributed by atoms with Crippen molar-refractivity contribution in [2.24, 2.45) is 0 Å². The fourth-order valence-electron chi connectivity index (χ4n) is 5.65. The molecule has 1 aromatic heterocycles. The number of fused-ring (bicyclic) bond motifs is 3. The summed E-state index contributed by atoms with van der Waals surface area (Å²) in [6.07, 6.45) is 1.17. The molecule has 3 amide bonds. The third kappa shape index (κ3) is 5.61. The van der Waals surface area contributed by atoms with Crippen molar-refractivity contribution >= 4 is 35.0 Å². The van der Waals surface area contributed by atoms with E-state index < -0.39 is 11.9 Å². The lowest BCUT2D eigenvalue weighted by molar-refractivity contribution is -0.118. The number of rotatable bonds is 7. The Kier molecular flexibility index (Phi) is 8.03. The first-order valence-electron chi connectivity index (χ1n) is 14.3. The maximum absolute atomic E-state index is 14.8. The summed E-state index contributed by atoms with van der Waals surface area (Å²) >= 11 is 0. The SMILES string of the molecule is COCCN1C(=O)CN(OC(=O)NCc2ccc(C(=O)N3Cc4cccn4Cc4ccccc43)cc2C)c2c(F)cccc21. The number of aromatic nitrogens is 1. The van der Waals surface area contributed by atoms with Gasteiger partial charge in [0.1, 0.15) is 12.2 Å². The number of nitrogens with one attached hydrogen (secondary N) is 1. The Morgan fingerprint density at radius 3 is 2.59 bits per heavy atom. The zero-order valence-corrected chi connectivity index (χ0v) is 24.5. The van der Waals surface area contributed by atoms with E-state index in [2.05, 4.69) is 9.88 Å². The van der Waals surface area contributed by atoms with Gasteiger partial charge < -0.3 is 29.3 Å². The second kappa shape index (κ2) is 12.2. The lowest BCUT2D eigenvalue weighted by Gasteiger charge is -2.35. The zero-order chi connectivity index (χ0) is 30.8. The molecule has 2 aliphatic heterocycles. The minimum atomic E-state index is -0.846. The molecule has 3 aromatic carbocycles. The summed E-state index contributed by atoms with van der Waals surface area (Å²) in [5.74, 6) is -1.10. The highest BCUT2D eigenvalue weighted by molar-refractivity contribution is 6.06. The van der Waals surface area contributed by atoms with E-state index in [0.29, 0.717) is 24.3 Å². The molecule has 0 saturated heterocycles. The van der Waals surface area contributed by atoms with E-state index in [1.165, 1.54) is 24.1 Å². The second-order valence-electron chi connectivity index (χ2n) is 10.7. The van der Waals surface area contributed by atoms with Crippen LogP contribution in [0.4, 0.5) is 26.2 Å². The summed E-state index contributed by atoms with van der Waals surface area (Å²) in [6.45, 7) is 3.27. The minimum absolute atomic E-state index is 0.000227. The molecule has 3 heterocycles. The molecule has 0 unspecified atom stereocenters. The predicted octanol–water partition coefficient (Wildman–Crippen LogP) is 4.79. The van der Waals surface area contributed by atoms with Crippen LogP contribution in [0.25, 0.3) is 0 Å². The molecule has 0 atom stereocenters.